The van der Waals surface area contributed by atoms with Crippen LogP contribution in [0.25, 0.3) is 17.1 Å². The van der Waals surface area contributed by atoms with Crippen LogP contribution in [-0.2, 0) is 4.79 Å². The number of nitrogens with zero attached hydrogens (tertiary/aromatic N) is 5. The molecular weight excluding hydrogens is 406 g/mol. The van der Waals surface area contributed by atoms with Gasteiger partial charge in [-0.05, 0) is 49.2 Å². The van der Waals surface area contributed by atoms with Crippen molar-refractivity contribution in [1.82, 2.24) is 24.6 Å². The molecule has 3 aromatic rings. The van der Waals surface area contributed by atoms with Gasteiger partial charge in [-0.3, -0.25) is 14.3 Å². The highest BCUT2D eigenvalue weighted by Gasteiger charge is 2.19. The van der Waals surface area contributed by atoms with Gasteiger partial charge < -0.3 is 4.90 Å². The van der Waals surface area contributed by atoms with Gasteiger partial charge in [-0.1, -0.05) is 37.2 Å². The molecule has 29 heavy (non-hydrogen) atoms. The summed E-state index contributed by atoms with van der Waals surface area (Å²) in [5.41, 5.74) is 1.79. The molecular formula is C21H24ClN5OS. The zero-order chi connectivity index (χ0) is 20.6. The standard InChI is InChI=1S/C21H24ClN5OS/c1-3-13-26(14-4-2)19(28)15-29-21-25-24-20(16-9-11-23-12-10-16)27(21)18-7-5-17(22)6-8-18/h5-12H,3-4,13-15H2,1-2H3. The van der Waals surface area contributed by atoms with E-state index in [4.69, 9.17) is 11.6 Å². The minimum absolute atomic E-state index is 0.120. The summed E-state index contributed by atoms with van der Waals surface area (Å²) in [6.45, 7) is 5.72. The van der Waals surface area contributed by atoms with Crippen LogP contribution in [-0.4, -0.2) is 49.4 Å². The smallest absolute Gasteiger partial charge is 0.233 e. The highest BCUT2D eigenvalue weighted by Crippen LogP contribution is 2.28. The van der Waals surface area contributed by atoms with Crippen LogP contribution in [0, 0.1) is 0 Å². The first-order chi connectivity index (χ1) is 14.1. The van der Waals surface area contributed by atoms with Crippen molar-refractivity contribution in [3.63, 3.8) is 0 Å². The number of halogens is 1. The lowest BCUT2D eigenvalue weighted by atomic mass is 10.2. The third-order valence-corrected chi connectivity index (χ3v) is 5.49. The van der Waals surface area contributed by atoms with E-state index in [0.29, 0.717) is 21.8 Å². The van der Waals surface area contributed by atoms with Gasteiger partial charge in [-0.25, -0.2) is 0 Å². The van der Waals surface area contributed by atoms with Crippen LogP contribution in [0.15, 0.2) is 53.9 Å². The molecule has 1 aromatic carbocycles. The number of thioether (sulfide) groups is 1. The summed E-state index contributed by atoms with van der Waals surface area (Å²) in [7, 11) is 0. The van der Waals surface area contributed by atoms with E-state index in [2.05, 4.69) is 29.0 Å². The van der Waals surface area contributed by atoms with E-state index in [1.165, 1.54) is 11.8 Å². The Kier molecular flexibility index (Phi) is 7.66. The molecule has 0 radical (unpaired) electrons. The van der Waals surface area contributed by atoms with E-state index < -0.39 is 0 Å². The maximum absolute atomic E-state index is 12.7. The van der Waals surface area contributed by atoms with Crippen molar-refractivity contribution in [3.8, 4) is 17.1 Å². The van der Waals surface area contributed by atoms with Crippen molar-refractivity contribution < 1.29 is 4.79 Å². The van der Waals surface area contributed by atoms with E-state index in [9.17, 15) is 4.79 Å². The van der Waals surface area contributed by atoms with Crippen molar-refractivity contribution >= 4 is 29.3 Å². The quantitative estimate of drug-likeness (QED) is 0.460. The summed E-state index contributed by atoms with van der Waals surface area (Å²) >= 11 is 7.46. The van der Waals surface area contributed by atoms with Gasteiger partial charge in [0.25, 0.3) is 0 Å². The maximum Gasteiger partial charge on any atom is 0.233 e. The molecule has 0 N–H and O–H groups in total. The fourth-order valence-electron chi connectivity index (χ4n) is 2.99. The molecule has 1 amide bonds. The topological polar surface area (TPSA) is 63.9 Å². The third-order valence-electron chi connectivity index (χ3n) is 4.32. The second-order valence-electron chi connectivity index (χ2n) is 6.52. The van der Waals surface area contributed by atoms with Crippen LogP contribution in [0.3, 0.4) is 0 Å². The van der Waals surface area contributed by atoms with Gasteiger partial charge in [0.15, 0.2) is 11.0 Å². The van der Waals surface area contributed by atoms with E-state index >= 15 is 0 Å². The second-order valence-corrected chi connectivity index (χ2v) is 7.90. The Morgan fingerprint density at radius 3 is 2.31 bits per heavy atom. The molecule has 0 aliphatic carbocycles. The molecule has 6 nitrogen and oxygen atoms in total. The summed E-state index contributed by atoms with van der Waals surface area (Å²) in [6.07, 6.45) is 5.34. The fourth-order valence-corrected chi connectivity index (χ4v) is 3.97. The van der Waals surface area contributed by atoms with E-state index in [1.54, 1.807) is 12.4 Å². The Bertz CT molecular complexity index is 924. The lowest BCUT2D eigenvalue weighted by molar-refractivity contribution is -0.128. The predicted molar refractivity (Wildman–Crippen MR) is 117 cm³/mol. The number of carbonyl (C=O) groups excluding carboxylic acids is 1. The van der Waals surface area contributed by atoms with Gasteiger partial charge >= 0.3 is 0 Å². The second kappa shape index (κ2) is 10.4. The first-order valence-corrected chi connectivity index (χ1v) is 11.0. The minimum atomic E-state index is 0.120. The van der Waals surface area contributed by atoms with Gasteiger partial charge in [-0.15, -0.1) is 10.2 Å². The number of pyridine rings is 1. The number of rotatable bonds is 9. The number of carbonyl (C=O) groups is 1. The van der Waals surface area contributed by atoms with Gasteiger partial charge in [0.2, 0.25) is 5.91 Å². The summed E-state index contributed by atoms with van der Waals surface area (Å²) in [6, 6.07) is 11.3. The molecule has 0 saturated heterocycles. The average Bonchev–Trinajstić information content (AvgIpc) is 3.17. The van der Waals surface area contributed by atoms with Crippen molar-refractivity contribution in [2.75, 3.05) is 18.8 Å². The van der Waals surface area contributed by atoms with Crippen LogP contribution in [0.2, 0.25) is 5.02 Å². The Hall–Kier alpha value is -2.38. The Morgan fingerprint density at radius 1 is 1.03 bits per heavy atom. The van der Waals surface area contributed by atoms with E-state index in [-0.39, 0.29) is 5.91 Å². The summed E-state index contributed by atoms with van der Waals surface area (Å²) in [5.74, 6) is 1.14. The van der Waals surface area contributed by atoms with Crippen molar-refractivity contribution in [2.45, 2.75) is 31.8 Å². The molecule has 3 rings (SSSR count). The summed E-state index contributed by atoms with van der Waals surface area (Å²) in [4.78, 5) is 18.7. The number of aromatic nitrogens is 4. The molecule has 0 atom stereocenters. The minimum Gasteiger partial charge on any atom is -0.342 e. The molecule has 0 saturated carbocycles. The molecule has 0 aliphatic rings. The van der Waals surface area contributed by atoms with Gasteiger partial charge in [-0.2, -0.15) is 0 Å². The van der Waals surface area contributed by atoms with Crippen molar-refractivity contribution in [2.24, 2.45) is 0 Å². The van der Waals surface area contributed by atoms with Crippen LogP contribution in [0.4, 0.5) is 0 Å². The molecule has 152 valence electrons. The van der Waals surface area contributed by atoms with E-state index in [1.807, 2.05) is 45.9 Å². The van der Waals surface area contributed by atoms with Crippen LogP contribution >= 0.6 is 23.4 Å². The highest BCUT2D eigenvalue weighted by molar-refractivity contribution is 7.99. The molecule has 0 fully saturated rings. The first kappa shape index (κ1) is 21.3. The predicted octanol–water partition coefficient (Wildman–Crippen LogP) is 4.72. The van der Waals surface area contributed by atoms with Crippen LogP contribution in [0.5, 0.6) is 0 Å². The zero-order valence-electron chi connectivity index (χ0n) is 16.6. The largest absolute Gasteiger partial charge is 0.342 e. The first-order valence-electron chi connectivity index (χ1n) is 9.66. The Morgan fingerprint density at radius 2 is 1.69 bits per heavy atom. The average molecular weight is 430 g/mol. The Balaban J connectivity index is 1.90. The number of amides is 1. The molecule has 0 aliphatic heterocycles. The molecule has 0 spiro atoms. The molecule has 0 unspecified atom stereocenters. The van der Waals surface area contributed by atoms with Crippen LogP contribution in [0.1, 0.15) is 26.7 Å². The monoisotopic (exact) mass is 429 g/mol. The number of hydrogen-bond acceptors (Lipinski definition) is 5. The highest BCUT2D eigenvalue weighted by atomic mass is 35.5. The Labute approximate surface area is 180 Å². The molecule has 8 heteroatoms. The van der Waals surface area contributed by atoms with Gasteiger partial charge in [0, 0.05) is 41.8 Å². The fraction of sp³-hybridized carbons (Fsp3) is 0.333. The maximum atomic E-state index is 12.7. The van der Waals surface area contributed by atoms with E-state index in [0.717, 1.165) is 37.2 Å². The van der Waals surface area contributed by atoms with Crippen molar-refractivity contribution in [3.05, 3.63) is 53.8 Å². The zero-order valence-corrected chi connectivity index (χ0v) is 18.2. The summed E-state index contributed by atoms with van der Waals surface area (Å²) < 4.78 is 1.95. The third kappa shape index (κ3) is 5.36. The number of benzene rings is 1. The van der Waals surface area contributed by atoms with Crippen molar-refractivity contribution in [1.29, 1.82) is 0 Å². The van der Waals surface area contributed by atoms with Gasteiger partial charge in [0.1, 0.15) is 0 Å². The normalized spacial score (nSPS) is 10.9. The lowest BCUT2D eigenvalue weighted by Gasteiger charge is -2.21. The lowest BCUT2D eigenvalue weighted by Crippen LogP contribution is -2.33. The summed E-state index contributed by atoms with van der Waals surface area (Å²) in [5, 5.41) is 10.1. The SMILES string of the molecule is CCCN(CCC)C(=O)CSc1nnc(-c2ccncc2)n1-c1ccc(Cl)cc1. The van der Waals surface area contributed by atoms with Crippen LogP contribution < -0.4 is 0 Å². The molecule has 0 bridgehead atoms. The van der Waals surface area contributed by atoms with Gasteiger partial charge in [0.05, 0.1) is 5.75 Å². The molecule has 2 aromatic heterocycles. The molecule has 2 heterocycles. The number of hydrogen-bond donors (Lipinski definition) is 0.